The predicted octanol–water partition coefficient (Wildman–Crippen LogP) is 2.63. The molecule has 0 aliphatic carbocycles. The smallest absolute Gasteiger partial charge is 0.304 e. The van der Waals surface area contributed by atoms with Gasteiger partial charge in [0.05, 0.1) is 18.9 Å². The monoisotopic (exact) mass is 341 g/mol. The average molecular weight is 341 g/mol. The van der Waals surface area contributed by atoms with E-state index < -0.39 is 18.5 Å². The molecule has 3 rings (SSSR count). The highest BCUT2D eigenvalue weighted by atomic mass is 16.4. The van der Waals surface area contributed by atoms with Crippen LogP contribution in [0, 0.1) is 5.92 Å². The number of aliphatic hydroxyl groups excluding tert-OH is 1. The lowest BCUT2D eigenvalue weighted by molar-refractivity contribution is -0.146. The topological polar surface area (TPSA) is 77.8 Å². The van der Waals surface area contributed by atoms with Gasteiger partial charge >= 0.3 is 5.97 Å². The van der Waals surface area contributed by atoms with Crippen molar-refractivity contribution in [3.8, 4) is 0 Å². The van der Waals surface area contributed by atoms with Crippen LogP contribution in [0.3, 0.4) is 0 Å². The molecule has 1 atom stereocenters. The van der Waals surface area contributed by atoms with Gasteiger partial charge in [0, 0.05) is 13.1 Å². The van der Waals surface area contributed by atoms with Crippen LogP contribution < -0.4 is 0 Å². The summed E-state index contributed by atoms with van der Waals surface area (Å²) in [5.41, 5.74) is 1.31. The van der Waals surface area contributed by atoms with Gasteiger partial charge in [-0.1, -0.05) is 42.5 Å². The number of carboxylic acid groups (broad SMARTS) is 1. The number of aliphatic carboxylic acids is 1. The molecule has 1 saturated heterocycles. The summed E-state index contributed by atoms with van der Waals surface area (Å²) in [6.45, 7) is 0.778. The maximum absolute atomic E-state index is 12.4. The van der Waals surface area contributed by atoms with Gasteiger partial charge in [0.25, 0.3) is 0 Å². The van der Waals surface area contributed by atoms with Crippen LogP contribution in [0.15, 0.2) is 42.5 Å². The quantitative estimate of drug-likeness (QED) is 0.876. The van der Waals surface area contributed by atoms with Crippen LogP contribution in [0.25, 0.3) is 10.8 Å². The van der Waals surface area contributed by atoms with E-state index in [0.717, 1.165) is 12.8 Å². The van der Waals surface area contributed by atoms with Crippen LogP contribution in [0.4, 0.5) is 0 Å². The van der Waals surface area contributed by atoms with E-state index in [9.17, 15) is 14.7 Å². The molecule has 0 spiro atoms. The minimum atomic E-state index is -1.06. The van der Waals surface area contributed by atoms with Gasteiger partial charge in [-0.05, 0) is 35.1 Å². The van der Waals surface area contributed by atoms with Crippen LogP contribution in [0.1, 0.15) is 30.7 Å². The molecule has 25 heavy (non-hydrogen) atoms. The number of nitrogens with zero attached hydrogens (tertiary/aromatic N) is 1. The Labute approximate surface area is 146 Å². The highest BCUT2D eigenvalue weighted by molar-refractivity contribution is 5.86. The average Bonchev–Trinajstić information content (AvgIpc) is 2.65. The van der Waals surface area contributed by atoms with Crippen molar-refractivity contribution >= 4 is 22.6 Å². The molecule has 5 nitrogen and oxygen atoms in total. The number of carbonyl (C=O) groups excluding carboxylic acids is 1. The maximum atomic E-state index is 12.4. The first-order valence-electron chi connectivity index (χ1n) is 8.69. The Morgan fingerprint density at radius 1 is 1.08 bits per heavy atom. The van der Waals surface area contributed by atoms with Crippen molar-refractivity contribution in [3.05, 3.63) is 48.0 Å². The molecule has 0 saturated carbocycles. The third-order valence-electron chi connectivity index (χ3n) is 5.06. The van der Waals surface area contributed by atoms with Gasteiger partial charge in [-0.3, -0.25) is 9.59 Å². The van der Waals surface area contributed by atoms with Crippen molar-refractivity contribution < 1.29 is 19.8 Å². The number of hydrogen-bond acceptors (Lipinski definition) is 3. The number of rotatable bonds is 5. The summed E-state index contributed by atoms with van der Waals surface area (Å²) >= 11 is 0. The molecule has 1 aliphatic rings. The normalized spacial score (nSPS) is 16.8. The maximum Gasteiger partial charge on any atom is 0.304 e. The Balaban J connectivity index is 1.69. The third-order valence-corrected chi connectivity index (χ3v) is 5.06. The summed E-state index contributed by atoms with van der Waals surface area (Å²) in [5, 5.41) is 20.7. The fraction of sp³-hybridized carbons (Fsp3) is 0.400. The number of carboxylic acids is 1. The predicted molar refractivity (Wildman–Crippen MR) is 95.3 cm³/mol. The Bertz CT molecular complexity index is 760. The van der Waals surface area contributed by atoms with E-state index in [1.165, 1.54) is 16.3 Å². The Morgan fingerprint density at radius 3 is 2.44 bits per heavy atom. The molecular weight excluding hydrogens is 318 g/mol. The fourth-order valence-corrected chi connectivity index (χ4v) is 3.72. The van der Waals surface area contributed by atoms with E-state index in [2.05, 4.69) is 30.3 Å². The van der Waals surface area contributed by atoms with E-state index in [-0.39, 0.29) is 12.3 Å². The molecule has 1 unspecified atom stereocenters. The Kier molecular flexibility index (Phi) is 5.34. The van der Waals surface area contributed by atoms with Crippen molar-refractivity contribution in [2.24, 2.45) is 5.92 Å². The summed E-state index contributed by atoms with van der Waals surface area (Å²) in [6, 6.07) is 14.7. The third kappa shape index (κ3) is 3.82. The van der Waals surface area contributed by atoms with Crippen molar-refractivity contribution in [1.29, 1.82) is 0 Å². The zero-order chi connectivity index (χ0) is 17.8. The minimum Gasteiger partial charge on any atom is -0.481 e. The lowest BCUT2D eigenvalue weighted by atomic mass is 9.86. The van der Waals surface area contributed by atoms with Crippen molar-refractivity contribution in [2.45, 2.75) is 25.2 Å². The Hall–Kier alpha value is -2.40. The van der Waals surface area contributed by atoms with Gasteiger partial charge in [-0.25, -0.2) is 0 Å². The number of carbonyl (C=O) groups is 2. The molecule has 1 aliphatic heterocycles. The molecule has 132 valence electrons. The van der Waals surface area contributed by atoms with Crippen molar-refractivity contribution in [3.63, 3.8) is 0 Å². The van der Waals surface area contributed by atoms with Gasteiger partial charge < -0.3 is 15.1 Å². The zero-order valence-electron chi connectivity index (χ0n) is 14.1. The highest BCUT2D eigenvalue weighted by Crippen LogP contribution is 2.33. The largest absolute Gasteiger partial charge is 0.481 e. The molecular formula is C20H23NO4. The zero-order valence-corrected chi connectivity index (χ0v) is 14.1. The second-order valence-electron chi connectivity index (χ2n) is 6.65. The highest BCUT2D eigenvalue weighted by Gasteiger charge is 2.30. The summed E-state index contributed by atoms with van der Waals surface area (Å²) < 4.78 is 0. The molecule has 0 radical (unpaired) electrons. The molecule has 2 N–H and O–H groups in total. The van der Waals surface area contributed by atoms with Gasteiger partial charge in [-0.15, -0.1) is 0 Å². The van der Waals surface area contributed by atoms with Gasteiger partial charge in [0.1, 0.15) is 0 Å². The number of likely N-dealkylation sites (tertiary alicyclic amines) is 1. The summed E-state index contributed by atoms with van der Waals surface area (Å²) in [7, 11) is 0. The molecule has 1 amide bonds. The number of piperidine rings is 1. The van der Waals surface area contributed by atoms with Crippen LogP contribution in [-0.4, -0.2) is 46.7 Å². The number of fused-ring (bicyclic) bond motifs is 1. The number of hydrogen-bond donors (Lipinski definition) is 2. The van der Waals surface area contributed by atoms with Crippen LogP contribution >= 0.6 is 0 Å². The Morgan fingerprint density at radius 2 is 1.76 bits per heavy atom. The lowest BCUT2D eigenvalue weighted by Crippen LogP contribution is -2.43. The summed E-state index contributed by atoms with van der Waals surface area (Å²) in [4.78, 5) is 25.0. The number of benzene rings is 2. The van der Waals surface area contributed by atoms with Crippen molar-refractivity contribution in [2.75, 3.05) is 19.7 Å². The van der Waals surface area contributed by atoms with E-state index in [0.29, 0.717) is 19.0 Å². The minimum absolute atomic E-state index is 0.249. The first-order valence-corrected chi connectivity index (χ1v) is 8.69. The van der Waals surface area contributed by atoms with Crippen LogP contribution in [0.2, 0.25) is 0 Å². The van der Waals surface area contributed by atoms with Gasteiger partial charge in [0.15, 0.2) is 0 Å². The SMILES string of the molecule is O=C(O)CC(CO)C(=O)N1CCC(c2cccc3ccccc23)CC1. The van der Waals surface area contributed by atoms with Gasteiger partial charge in [-0.2, -0.15) is 0 Å². The fourth-order valence-electron chi connectivity index (χ4n) is 3.72. The first kappa shape index (κ1) is 17.4. The standard InChI is InChI=1S/C20H23NO4/c22-13-16(12-19(23)24)20(25)21-10-8-15(9-11-21)18-7-3-5-14-4-1-2-6-17(14)18/h1-7,15-16,22H,8-13H2,(H,23,24). The molecule has 0 bridgehead atoms. The molecule has 5 heteroatoms. The van der Waals surface area contributed by atoms with E-state index in [4.69, 9.17) is 5.11 Å². The first-order chi connectivity index (χ1) is 12.1. The molecule has 1 heterocycles. The van der Waals surface area contributed by atoms with Crippen LogP contribution in [-0.2, 0) is 9.59 Å². The number of amides is 1. The number of aliphatic hydroxyl groups is 1. The van der Waals surface area contributed by atoms with E-state index in [1.54, 1.807) is 4.90 Å². The van der Waals surface area contributed by atoms with Crippen LogP contribution in [0.5, 0.6) is 0 Å². The molecule has 1 fully saturated rings. The van der Waals surface area contributed by atoms with E-state index >= 15 is 0 Å². The van der Waals surface area contributed by atoms with Crippen molar-refractivity contribution in [1.82, 2.24) is 4.90 Å². The molecule has 2 aromatic carbocycles. The van der Waals surface area contributed by atoms with E-state index in [1.807, 2.05) is 12.1 Å². The molecule has 2 aromatic rings. The summed E-state index contributed by atoms with van der Waals surface area (Å²) in [5.74, 6) is -1.76. The molecule has 0 aromatic heterocycles. The summed E-state index contributed by atoms with van der Waals surface area (Å²) in [6.07, 6.45) is 1.38. The lowest BCUT2D eigenvalue weighted by Gasteiger charge is -2.34. The van der Waals surface area contributed by atoms with Gasteiger partial charge in [0.2, 0.25) is 5.91 Å². The second kappa shape index (κ2) is 7.66. The second-order valence-corrected chi connectivity index (χ2v) is 6.65.